The van der Waals surface area contributed by atoms with Crippen LogP contribution in [0.3, 0.4) is 0 Å². The van der Waals surface area contributed by atoms with E-state index in [9.17, 15) is 4.79 Å². The highest BCUT2D eigenvalue weighted by Crippen LogP contribution is 2.38. The van der Waals surface area contributed by atoms with E-state index in [1.54, 1.807) is 6.26 Å². The average molecular weight is 251 g/mol. The van der Waals surface area contributed by atoms with E-state index in [2.05, 4.69) is 0 Å². The van der Waals surface area contributed by atoms with E-state index in [1.807, 2.05) is 19.9 Å². The predicted molar refractivity (Wildman–Crippen MR) is 67.2 cm³/mol. The normalized spacial score (nSPS) is 10.5. The first kappa shape index (κ1) is 11.7. The van der Waals surface area contributed by atoms with E-state index in [-0.39, 0.29) is 0 Å². The van der Waals surface area contributed by atoms with Gasteiger partial charge in [0.15, 0.2) is 0 Å². The molecule has 0 aromatic carbocycles. The zero-order valence-corrected chi connectivity index (χ0v) is 10.7. The number of nitrogen functional groups attached to an aromatic ring is 1. The summed E-state index contributed by atoms with van der Waals surface area (Å²) in [4.78, 5) is 12.9. The minimum absolute atomic E-state index is 0.401. The first-order valence-electron chi connectivity index (χ1n) is 5.07. The van der Waals surface area contributed by atoms with Crippen molar-refractivity contribution in [1.82, 2.24) is 0 Å². The standard InChI is InChI=1S/C12H13NO3S/c1-6-4-8(5-16-6)10-7(2)9(13)11(17-10)12(14)15-3/h4-5H,13H2,1-3H3. The Morgan fingerprint density at radius 3 is 2.71 bits per heavy atom. The molecule has 0 atom stereocenters. The molecule has 5 heteroatoms. The van der Waals surface area contributed by atoms with E-state index in [0.717, 1.165) is 21.8 Å². The quantitative estimate of drug-likeness (QED) is 0.833. The van der Waals surface area contributed by atoms with Crippen LogP contribution in [-0.4, -0.2) is 13.1 Å². The molecule has 2 N–H and O–H groups in total. The van der Waals surface area contributed by atoms with Gasteiger partial charge in [-0.05, 0) is 25.5 Å². The molecule has 17 heavy (non-hydrogen) atoms. The van der Waals surface area contributed by atoms with E-state index < -0.39 is 5.97 Å². The predicted octanol–water partition coefficient (Wildman–Crippen LogP) is 2.99. The largest absolute Gasteiger partial charge is 0.469 e. The van der Waals surface area contributed by atoms with Crippen LogP contribution in [0.25, 0.3) is 10.4 Å². The molecular weight excluding hydrogens is 238 g/mol. The van der Waals surface area contributed by atoms with Gasteiger partial charge in [0.05, 0.1) is 19.1 Å². The highest BCUT2D eigenvalue weighted by Gasteiger charge is 2.20. The summed E-state index contributed by atoms with van der Waals surface area (Å²) in [5.41, 5.74) is 8.21. The molecule has 0 saturated carbocycles. The Hall–Kier alpha value is -1.75. The Morgan fingerprint density at radius 1 is 1.47 bits per heavy atom. The first-order valence-corrected chi connectivity index (χ1v) is 5.89. The van der Waals surface area contributed by atoms with Crippen LogP contribution in [0, 0.1) is 13.8 Å². The van der Waals surface area contributed by atoms with E-state index in [0.29, 0.717) is 10.6 Å². The maximum absolute atomic E-state index is 11.5. The molecule has 2 aromatic heterocycles. The number of esters is 1. The maximum Gasteiger partial charge on any atom is 0.350 e. The lowest BCUT2D eigenvalue weighted by Gasteiger charge is -1.96. The lowest BCUT2D eigenvalue weighted by atomic mass is 10.1. The van der Waals surface area contributed by atoms with Crippen LogP contribution in [0.1, 0.15) is 21.0 Å². The van der Waals surface area contributed by atoms with Crippen molar-refractivity contribution in [3.05, 3.63) is 28.5 Å². The van der Waals surface area contributed by atoms with E-state index in [4.69, 9.17) is 14.9 Å². The number of carbonyl (C=O) groups is 1. The van der Waals surface area contributed by atoms with Crippen LogP contribution >= 0.6 is 11.3 Å². The highest BCUT2D eigenvalue weighted by molar-refractivity contribution is 7.18. The molecule has 0 aliphatic heterocycles. The summed E-state index contributed by atoms with van der Waals surface area (Å²) >= 11 is 1.33. The SMILES string of the molecule is COC(=O)c1sc(-c2coc(C)c2)c(C)c1N. The molecular formula is C12H13NO3S. The van der Waals surface area contributed by atoms with Gasteiger partial charge in [0.1, 0.15) is 10.6 Å². The smallest absolute Gasteiger partial charge is 0.350 e. The molecule has 0 aliphatic carbocycles. The second-order valence-corrected chi connectivity index (χ2v) is 4.76. The molecule has 90 valence electrons. The number of nitrogens with two attached hydrogens (primary N) is 1. The third kappa shape index (κ3) is 1.93. The minimum Gasteiger partial charge on any atom is -0.469 e. The number of methoxy groups -OCH3 is 1. The van der Waals surface area contributed by atoms with Gasteiger partial charge in [-0.15, -0.1) is 11.3 Å². The Labute approximate surface area is 103 Å². The van der Waals surface area contributed by atoms with Crippen LogP contribution in [0.15, 0.2) is 16.7 Å². The molecule has 4 nitrogen and oxygen atoms in total. The van der Waals surface area contributed by atoms with Crippen LogP contribution in [0.4, 0.5) is 5.69 Å². The average Bonchev–Trinajstić information content (AvgIpc) is 2.85. The number of carbonyl (C=O) groups excluding carboxylic acids is 1. The summed E-state index contributed by atoms with van der Waals surface area (Å²) < 4.78 is 9.95. The van der Waals surface area contributed by atoms with Crippen molar-refractivity contribution < 1.29 is 13.9 Å². The van der Waals surface area contributed by atoms with Crippen molar-refractivity contribution in [2.45, 2.75) is 13.8 Å². The summed E-state index contributed by atoms with van der Waals surface area (Å²) in [7, 11) is 1.35. The van der Waals surface area contributed by atoms with Crippen molar-refractivity contribution in [3.8, 4) is 10.4 Å². The van der Waals surface area contributed by atoms with Crippen molar-refractivity contribution in [3.63, 3.8) is 0 Å². The molecule has 0 unspecified atom stereocenters. The number of furan rings is 1. The second kappa shape index (κ2) is 4.25. The summed E-state index contributed by atoms with van der Waals surface area (Å²) in [5, 5.41) is 0. The topological polar surface area (TPSA) is 65.5 Å². The van der Waals surface area contributed by atoms with E-state index in [1.165, 1.54) is 18.4 Å². The van der Waals surface area contributed by atoms with Gasteiger partial charge in [0.25, 0.3) is 0 Å². The lowest BCUT2D eigenvalue weighted by molar-refractivity contribution is 0.0607. The molecule has 2 rings (SSSR count). The number of ether oxygens (including phenoxy) is 1. The summed E-state index contributed by atoms with van der Waals surface area (Å²) in [6, 6.07) is 1.92. The fourth-order valence-corrected chi connectivity index (χ4v) is 2.73. The summed E-state index contributed by atoms with van der Waals surface area (Å²) in [5.74, 6) is 0.424. The molecule has 0 fully saturated rings. The number of hydrogen-bond donors (Lipinski definition) is 1. The van der Waals surface area contributed by atoms with Gasteiger partial charge < -0.3 is 14.9 Å². The number of hydrogen-bond acceptors (Lipinski definition) is 5. The van der Waals surface area contributed by atoms with Gasteiger partial charge in [-0.2, -0.15) is 0 Å². The van der Waals surface area contributed by atoms with Crippen molar-refractivity contribution in [2.24, 2.45) is 0 Å². The van der Waals surface area contributed by atoms with Gasteiger partial charge in [0, 0.05) is 10.4 Å². The first-order chi connectivity index (χ1) is 8.04. The lowest BCUT2D eigenvalue weighted by Crippen LogP contribution is -2.01. The third-order valence-corrected chi connectivity index (χ3v) is 3.89. The van der Waals surface area contributed by atoms with Crippen molar-refractivity contribution >= 4 is 23.0 Å². The van der Waals surface area contributed by atoms with Crippen molar-refractivity contribution in [1.29, 1.82) is 0 Å². The minimum atomic E-state index is -0.401. The Kier molecular flexibility index (Phi) is 2.93. The number of anilines is 1. The summed E-state index contributed by atoms with van der Waals surface area (Å²) in [6.07, 6.45) is 1.66. The molecule has 0 radical (unpaired) electrons. The second-order valence-electron chi connectivity index (χ2n) is 3.74. The highest BCUT2D eigenvalue weighted by atomic mass is 32.1. The van der Waals surface area contributed by atoms with Gasteiger partial charge in [-0.25, -0.2) is 4.79 Å². The van der Waals surface area contributed by atoms with Crippen LogP contribution < -0.4 is 5.73 Å². The molecule has 0 aliphatic rings. The molecule has 0 spiro atoms. The Morgan fingerprint density at radius 2 is 2.18 bits per heavy atom. The monoisotopic (exact) mass is 251 g/mol. The molecule has 0 amide bonds. The Bertz CT molecular complexity index is 568. The van der Waals surface area contributed by atoms with E-state index >= 15 is 0 Å². The number of aryl methyl sites for hydroxylation is 1. The van der Waals surface area contributed by atoms with Gasteiger partial charge in [-0.3, -0.25) is 0 Å². The fourth-order valence-electron chi connectivity index (χ4n) is 1.61. The van der Waals surface area contributed by atoms with Crippen molar-refractivity contribution in [2.75, 3.05) is 12.8 Å². The van der Waals surface area contributed by atoms with Crippen LogP contribution in [-0.2, 0) is 4.74 Å². The number of thiophene rings is 1. The van der Waals surface area contributed by atoms with Gasteiger partial charge in [0.2, 0.25) is 0 Å². The zero-order chi connectivity index (χ0) is 12.6. The van der Waals surface area contributed by atoms with Crippen LogP contribution in [0.2, 0.25) is 0 Å². The van der Waals surface area contributed by atoms with Gasteiger partial charge >= 0.3 is 5.97 Å². The molecule has 0 bridgehead atoms. The maximum atomic E-state index is 11.5. The molecule has 2 heterocycles. The number of rotatable bonds is 2. The zero-order valence-electron chi connectivity index (χ0n) is 9.87. The fraction of sp³-hybridized carbons (Fsp3) is 0.250. The Balaban J connectivity index is 2.53. The van der Waals surface area contributed by atoms with Crippen LogP contribution in [0.5, 0.6) is 0 Å². The third-order valence-electron chi connectivity index (χ3n) is 2.56. The summed E-state index contributed by atoms with van der Waals surface area (Å²) in [6.45, 7) is 3.76. The molecule has 2 aromatic rings. The van der Waals surface area contributed by atoms with Gasteiger partial charge in [-0.1, -0.05) is 0 Å². The molecule has 0 saturated heterocycles.